The van der Waals surface area contributed by atoms with Crippen LogP contribution in [-0.2, 0) is 0 Å². The van der Waals surface area contributed by atoms with E-state index in [0.717, 1.165) is 5.56 Å². The number of nitrogens with zero attached hydrogens (tertiary/aromatic N) is 3. The van der Waals surface area contributed by atoms with Crippen LogP contribution in [0.15, 0.2) is 54.0 Å². The molecule has 0 unspecified atom stereocenters. The molecule has 9 heteroatoms. The van der Waals surface area contributed by atoms with Gasteiger partial charge in [0.25, 0.3) is 5.69 Å². The average Bonchev–Trinajstić information content (AvgIpc) is 3.14. The fourth-order valence-electron chi connectivity index (χ4n) is 2.18. The highest BCUT2D eigenvalue weighted by molar-refractivity contribution is 7.11. The van der Waals surface area contributed by atoms with Crippen LogP contribution in [-0.4, -0.2) is 9.91 Å². The van der Waals surface area contributed by atoms with Crippen LogP contribution in [0.1, 0.15) is 5.01 Å². The lowest BCUT2D eigenvalue weighted by atomic mass is 10.1. The number of hydrogen-bond acceptors (Lipinski definition) is 6. The summed E-state index contributed by atoms with van der Waals surface area (Å²) in [5.41, 5.74) is 2.32. The number of anilines is 1. The largest absolute Gasteiger partial charge is 0.359 e. The van der Waals surface area contributed by atoms with Gasteiger partial charge in [0, 0.05) is 34.3 Å². The Labute approximate surface area is 168 Å². The van der Waals surface area contributed by atoms with Gasteiger partial charge in [0.1, 0.15) is 16.6 Å². The van der Waals surface area contributed by atoms with Crippen LogP contribution in [0, 0.1) is 21.4 Å². The van der Waals surface area contributed by atoms with Gasteiger partial charge in [-0.1, -0.05) is 23.2 Å². The Hall–Kier alpha value is -2.92. The molecule has 0 aliphatic carbocycles. The second kappa shape index (κ2) is 8.18. The van der Waals surface area contributed by atoms with Crippen LogP contribution in [0.2, 0.25) is 10.0 Å². The molecule has 0 atom stereocenters. The lowest BCUT2D eigenvalue weighted by Gasteiger charge is -2.04. The van der Waals surface area contributed by atoms with Gasteiger partial charge in [0.15, 0.2) is 0 Å². The molecule has 1 heterocycles. The van der Waals surface area contributed by atoms with Crippen LogP contribution >= 0.6 is 34.5 Å². The minimum atomic E-state index is -0.458. The minimum Gasteiger partial charge on any atom is -0.359 e. The summed E-state index contributed by atoms with van der Waals surface area (Å²) >= 11 is 13.3. The summed E-state index contributed by atoms with van der Waals surface area (Å²) in [7, 11) is 0. The quantitative estimate of drug-likeness (QED) is 0.312. The van der Waals surface area contributed by atoms with Crippen LogP contribution < -0.4 is 5.32 Å². The summed E-state index contributed by atoms with van der Waals surface area (Å²) < 4.78 is 0. The van der Waals surface area contributed by atoms with E-state index in [2.05, 4.69) is 16.4 Å². The molecule has 0 spiro atoms. The number of rotatable bonds is 5. The van der Waals surface area contributed by atoms with Gasteiger partial charge in [-0.15, -0.1) is 11.3 Å². The molecule has 2 aromatic carbocycles. The van der Waals surface area contributed by atoms with Gasteiger partial charge in [-0.3, -0.25) is 10.1 Å². The molecular formula is C18H10Cl2N4O2S. The Bertz CT molecular complexity index is 1070. The van der Waals surface area contributed by atoms with Crippen molar-refractivity contribution in [1.29, 1.82) is 5.26 Å². The van der Waals surface area contributed by atoms with Crippen molar-refractivity contribution in [2.24, 2.45) is 0 Å². The third-order valence-corrected chi connectivity index (χ3v) is 4.96. The van der Waals surface area contributed by atoms with Crippen LogP contribution in [0.3, 0.4) is 0 Å². The van der Waals surface area contributed by atoms with E-state index in [-0.39, 0.29) is 5.69 Å². The van der Waals surface area contributed by atoms with E-state index in [1.165, 1.54) is 29.7 Å². The summed E-state index contributed by atoms with van der Waals surface area (Å²) in [6.07, 6.45) is 1.52. The van der Waals surface area contributed by atoms with Gasteiger partial charge in [0.05, 0.1) is 21.3 Å². The molecule has 3 aromatic rings. The molecule has 0 bridgehead atoms. The van der Waals surface area contributed by atoms with Crippen molar-refractivity contribution in [3.05, 3.63) is 79.2 Å². The van der Waals surface area contributed by atoms with E-state index < -0.39 is 4.92 Å². The van der Waals surface area contributed by atoms with Crippen LogP contribution in [0.25, 0.3) is 16.8 Å². The first-order valence-electron chi connectivity index (χ1n) is 7.50. The summed E-state index contributed by atoms with van der Waals surface area (Å²) in [6.45, 7) is 0. The second-order valence-corrected chi connectivity index (χ2v) is 6.98. The molecule has 3 rings (SSSR count). The van der Waals surface area contributed by atoms with Crippen molar-refractivity contribution in [1.82, 2.24) is 4.98 Å². The predicted molar refractivity (Wildman–Crippen MR) is 108 cm³/mol. The topological polar surface area (TPSA) is 91.8 Å². The number of nitro benzene ring substituents is 1. The monoisotopic (exact) mass is 416 g/mol. The zero-order valence-electron chi connectivity index (χ0n) is 13.5. The van der Waals surface area contributed by atoms with Crippen LogP contribution in [0.5, 0.6) is 0 Å². The normalized spacial score (nSPS) is 11.1. The van der Waals surface area contributed by atoms with Crippen LogP contribution in [0.4, 0.5) is 11.4 Å². The van der Waals surface area contributed by atoms with Gasteiger partial charge in [-0.25, -0.2) is 4.98 Å². The van der Waals surface area contributed by atoms with E-state index in [9.17, 15) is 15.4 Å². The number of hydrogen-bond donors (Lipinski definition) is 1. The fraction of sp³-hybridized carbons (Fsp3) is 0. The lowest BCUT2D eigenvalue weighted by Crippen LogP contribution is -1.92. The summed E-state index contributed by atoms with van der Waals surface area (Å²) in [5.74, 6) is 0. The molecule has 27 heavy (non-hydrogen) atoms. The highest BCUT2D eigenvalue weighted by atomic mass is 35.5. The highest BCUT2D eigenvalue weighted by Gasteiger charge is 2.11. The van der Waals surface area contributed by atoms with E-state index >= 15 is 0 Å². The number of nitriles is 1. The predicted octanol–water partition coefficient (Wildman–Crippen LogP) is 6.00. The fourth-order valence-corrected chi connectivity index (χ4v) is 3.44. The van der Waals surface area contributed by atoms with E-state index in [1.807, 2.05) is 0 Å². The Morgan fingerprint density at radius 3 is 2.63 bits per heavy atom. The second-order valence-electron chi connectivity index (χ2n) is 5.28. The number of aromatic nitrogens is 1. The molecule has 0 saturated heterocycles. The molecule has 1 N–H and O–H groups in total. The number of nitrogens with one attached hydrogen (secondary N) is 1. The first-order chi connectivity index (χ1) is 13.0. The molecular weight excluding hydrogens is 407 g/mol. The maximum Gasteiger partial charge on any atom is 0.269 e. The molecule has 6 nitrogen and oxygen atoms in total. The smallest absolute Gasteiger partial charge is 0.269 e. The third-order valence-electron chi connectivity index (χ3n) is 3.53. The molecule has 0 saturated carbocycles. The summed E-state index contributed by atoms with van der Waals surface area (Å²) in [6, 6.07) is 13.2. The van der Waals surface area contributed by atoms with E-state index in [4.69, 9.17) is 23.2 Å². The molecule has 0 amide bonds. The zero-order valence-corrected chi connectivity index (χ0v) is 15.8. The van der Waals surface area contributed by atoms with Crippen molar-refractivity contribution in [3.8, 4) is 17.3 Å². The molecule has 0 fully saturated rings. The zero-order chi connectivity index (χ0) is 19.4. The standard InChI is InChI=1S/C18H10Cl2N4O2S/c19-13-3-6-16(15(20)7-13)22-9-12(8-21)18-23-17(10-27-18)11-1-4-14(5-2-11)24(25)26/h1-7,9-10,22H. The maximum atomic E-state index is 10.7. The SMILES string of the molecule is N#CC(=CNc1ccc(Cl)cc1Cl)c1nc(-c2ccc([N+](=O)[O-])cc2)cs1. The first kappa shape index (κ1) is 18.9. The number of halogens is 2. The van der Waals surface area contributed by atoms with Crippen molar-refractivity contribution in [2.45, 2.75) is 0 Å². The number of non-ortho nitro benzene ring substituents is 1. The lowest BCUT2D eigenvalue weighted by molar-refractivity contribution is -0.384. The number of allylic oxidation sites excluding steroid dienone is 1. The van der Waals surface area contributed by atoms with E-state index in [0.29, 0.717) is 32.0 Å². The summed E-state index contributed by atoms with van der Waals surface area (Å²) in [4.78, 5) is 14.7. The summed E-state index contributed by atoms with van der Waals surface area (Å²) in [5, 5.41) is 26.4. The molecule has 134 valence electrons. The van der Waals surface area contributed by atoms with Gasteiger partial charge >= 0.3 is 0 Å². The van der Waals surface area contributed by atoms with Gasteiger partial charge in [-0.05, 0) is 30.3 Å². The Balaban J connectivity index is 1.82. The highest BCUT2D eigenvalue weighted by Crippen LogP contribution is 2.29. The Morgan fingerprint density at radius 1 is 1.26 bits per heavy atom. The number of benzene rings is 2. The minimum absolute atomic E-state index is 0.0101. The van der Waals surface area contributed by atoms with E-state index in [1.54, 1.807) is 35.7 Å². The third kappa shape index (κ3) is 4.44. The molecule has 1 aromatic heterocycles. The van der Waals surface area contributed by atoms with Gasteiger partial charge < -0.3 is 5.32 Å². The maximum absolute atomic E-state index is 10.7. The van der Waals surface area contributed by atoms with Crippen molar-refractivity contribution in [2.75, 3.05) is 5.32 Å². The number of thiazole rings is 1. The molecule has 0 aliphatic heterocycles. The van der Waals surface area contributed by atoms with Gasteiger partial charge in [0.2, 0.25) is 0 Å². The average molecular weight is 417 g/mol. The first-order valence-corrected chi connectivity index (χ1v) is 9.14. The Morgan fingerprint density at radius 2 is 2.00 bits per heavy atom. The van der Waals surface area contributed by atoms with Gasteiger partial charge in [-0.2, -0.15) is 5.26 Å². The Kier molecular flexibility index (Phi) is 5.72. The number of nitro groups is 1. The van der Waals surface area contributed by atoms with Crippen molar-refractivity contribution in [3.63, 3.8) is 0 Å². The van der Waals surface area contributed by atoms with Crippen molar-refractivity contribution < 1.29 is 4.92 Å². The molecule has 0 radical (unpaired) electrons. The molecule has 0 aliphatic rings. The van der Waals surface area contributed by atoms with Crippen molar-refractivity contribution >= 4 is 51.5 Å².